The topological polar surface area (TPSA) is 72.2 Å². The molecule has 0 fully saturated rings. The van der Waals surface area contributed by atoms with Gasteiger partial charge in [-0.25, -0.2) is 0 Å². The van der Waals surface area contributed by atoms with Gasteiger partial charge < -0.3 is 11.1 Å². The van der Waals surface area contributed by atoms with Crippen molar-refractivity contribution in [3.05, 3.63) is 56.7 Å². The summed E-state index contributed by atoms with van der Waals surface area (Å²) in [5.41, 5.74) is 6.15. The quantitative estimate of drug-likeness (QED) is 0.830. The molecule has 3 N–H and O–H groups in total. The van der Waals surface area contributed by atoms with E-state index in [9.17, 15) is 9.59 Å². The molecule has 2 rings (SSSR count). The van der Waals surface area contributed by atoms with Crippen LogP contribution in [0.15, 0.2) is 46.3 Å². The van der Waals surface area contributed by atoms with Gasteiger partial charge in [-0.15, -0.1) is 11.3 Å². The van der Waals surface area contributed by atoms with E-state index >= 15 is 0 Å². The van der Waals surface area contributed by atoms with Crippen LogP contribution < -0.4 is 11.1 Å². The second-order valence-electron chi connectivity index (χ2n) is 3.91. The summed E-state index contributed by atoms with van der Waals surface area (Å²) in [4.78, 5) is 23.6. The predicted octanol–water partition coefficient (Wildman–Crippen LogP) is 3.26. The zero-order valence-electron chi connectivity index (χ0n) is 10.3. The highest BCUT2D eigenvalue weighted by Gasteiger charge is 2.02. The van der Waals surface area contributed by atoms with Crippen LogP contribution in [0.3, 0.4) is 0 Å². The molecule has 0 atom stereocenters. The van der Waals surface area contributed by atoms with Crippen molar-refractivity contribution in [3.8, 4) is 0 Å². The van der Waals surface area contributed by atoms with Gasteiger partial charge in [0.1, 0.15) is 0 Å². The molecule has 0 bridgehead atoms. The number of carbonyl (C=O) groups is 2. The molecule has 0 saturated carbocycles. The van der Waals surface area contributed by atoms with Gasteiger partial charge in [0.2, 0.25) is 11.8 Å². The third-order valence-corrected chi connectivity index (χ3v) is 4.02. The van der Waals surface area contributed by atoms with Gasteiger partial charge in [0.15, 0.2) is 0 Å². The van der Waals surface area contributed by atoms with Crippen molar-refractivity contribution in [2.75, 3.05) is 5.32 Å². The third-order valence-electron chi connectivity index (χ3n) is 2.43. The zero-order valence-corrected chi connectivity index (χ0v) is 12.7. The third kappa shape index (κ3) is 4.04. The SMILES string of the molecule is NC(=O)c1ccc(NC(=O)/C=C/c2ccc(Br)s2)cc1. The lowest BCUT2D eigenvalue weighted by Crippen LogP contribution is -2.11. The first-order chi connectivity index (χ1) is 9.54. The number of anilines is 1. The molecule has 102 valence electrons. The van der Waals surface area contributed by atoms with Crippen LogP contribution >= 0.6 is 27.3 Å². The molecule has 2 amide bonds. The van der Waals surface area contributed by atoms with Crippen LogP contribution in [0.25, 0.3) is 6.08 Å². The Morgan fingerprint density at radius 1 is 1.15 bits per heavy atom. The van der Waals surface area contributed by atoms with Crippen molar-refractivity contribution < 1.29 is 9.59 Å². The predicted molar refractivity (Wildman–Crippen MR) is 84.6 cm³/mol. The summed E-state index contributed by atoms with van der Waals surface area (Å²) in [7, 11) is 0. The number of nitrogens with two attached hydrogens (primary N) is 1. The lowest BCUT2D eigenvalue weighted by atomic mass is 10.2. The number of halogens is 1. The van der Waals surface area contributed by atoms with Crippen molar-refractivity contribution >= 4 is 50.8 Å². The molecule has 0 unspecified atom stereocenters. The van der Waals surface area contributed by atoms with Crippen molar-refractivity contribution in [2.45, 2.75) is 0 Å². The van der Waals surface area contributed by atoms with E-state index in [1.165, 1.54) is 17.4 Å². The molecule has 1 heterocycles. The Morgan fingerprint density at radius 2 is 1.85 bits per heavy atom. The molecule has 0 saturated heterocycles. The van der Waals surface area contributed by atoms with Crippen LogP contribution in [-0.4, -0.2) is 11.8 Å². The molecular formula is C14H11BrN2O2S. The molecule has 4 nitrogen and oxygen atoms in total. The number of thiophene rings is 1. The molecule has 20 heavy (non-hydrogen) atoms. The van der Waals surface area contributed by atoms with E-state index in [1.807, 2.05) is 12.1 Å². The number of benzene rings is 1. The summed E-state index contributed by atoms with van der Waals surface area (Å²) < 4.78 is 1.01. The normalized spacial score (nSPS) is 10.7. The van der Waals surface area contributed by atoms with E-state index in [4.69, 9.17) is 5.73 Å². The van der Waals surface area contributed by atoms with Gasteiger partial charge >= 0.3 is 0 Å². The Bertz CT molecular complexity index is 662. The summed E-state index contributed by atoms with van der Waals surface area (Å²) in [5.74, 6) is -0.729. The van der Waals surface area contributed by atoms with Crippen LogP contribution in [0, 0.1) is 0 Å². The Labute approximate surface area is 128 Å². The minimum atomic E-state index is -0.494. The van der Waals surface area contributed by atoms with E-state index in [0.29, 0.717) is 11.3 Å². The van der Waals surface area contributed by atoms with Crippen LogP contribution in [0.1, 0.15) is 15.2 Å². The molecular weight excluding hydrogens is 340 g/mol. The van der Waals surface area contributed by atoms with Crippen molar-refractivity contribution in [1.82, 2.24) is 0 Å². The minimum Gasteiger partial charge on any atom is -0.366 e. The number of nitrogens with one attached hydrogen (secondary N) is 1. The highest BCUT2D eigenvalue weighted by molar-refractivity contribution is 9.11. The van der Waals surface area contributed by atoms with Gasteiger partial charge in [0, 0.05) is 22.2 Å². The monoisotopic (exact) mass is 350 g/mol. The average molecular weight is 351 g/mol. The molecule has 1 aromatic carbocycles. The Morgan fingerprint density at radius 3 is 2.40 bits per heavy atom. The van der Waals surface area contributed by atoms with Crippen LogP contribution in [-0.2, 0) is 4.79 Å². The Hall–Kier alpha value is -1.92. The molecule has 0 aliphatic carbocycles. The molecule has 0 aliphatic rings. The Kier molecular flexibility index (Phi) is 4.70. The lowest BCUT2D eigenvalue weighted by molar-refractivity contribution is -0.111. The summed E-state index contributed by atoms with van der Waals surface area (Å²) in [6, 6.07) is 10.2. The zero-order chi connectivity index (χ0) is 14.5. The number of primary amides is 1. The molecule has 0 radical (unpaired) electrons. The van der Waals surface area contributed by atoms with Crippen molar-refractivity contribution in [3.63, 3.8) is 0 Å². The van der Waals surface area contributed by atoms with Crippen molar-refractivity contribution in [2.24, 2.45) is 5.73 Å². The molecule has 6 heteroatoms. The second kappa shape index (κ2) is 6.49. The first-order valence-corrected chi connectivity index (χ1v) is 7.30. The summed E-state index contributed by atoms with van der Waals surface area (Å²) in [5, 5.41) is 2.70. The fourth-order valence-electron chi connectivity index (χ4n) is 1.48. The van der Waals surface area contributed by atoms with E-state index in [2.05, 4.69) is 21.2 Å². The largest absolute Gasteiger partial charge is 0.366 e. The van der Waals surface area contributed by atoms with Gasteiger partial charge in [0.25, 0.3) is 0 Å². The molecule has 0 spiro atoms. The maximum atomic E-state index is 11.7. The van der Waals surface area contributed by atoms with Gasteiger partial charge in [-0.3, -0.25) is 9.59 Å². The van der Waals surface area contributed by atoms with E-state index in [1.54, 1.807) is 30.3 Å². The number of hydrogen-bond donors (Lipinski definition) is 2. The van der Waals surface area contributed by atoms with Crippen LogP contribution in [0.5, 0.6) is 0 Å². The smallest absolute Gasteiger partial charge is 0.248 e. The highest BCUT2D eigenvalue weighted by Crippen LogP contribution is 2.23. The van der Waals surface area contributed by atoms with Gasteiger partial charge in [-0.2, -0.15) is 0 Å². The number of hydrogen-bond acceptors (Lipinski definition) is 3. The first-order valence-electron chi connectivity index (χ1n) is 5.69. The molecule has 1 aromatic heterocycles. The maximum Gasteiger partial charge on any atom is 0.248 e. The summed E-state index contributed by atoms with van der Waals surface area (Å²) in [6.07, 6.45) is 3.20. The van der Waals surface area contributed by atoms with E-state index < -0.39 is 5.91 Å². The maximum absolute atomic E-state index is 11.7. The molecule has 0 aliphatic heterocycles. The van der Waals surface area contributed by atoms with Gasteiger partial charge in [-0.05, 0) is 58.4 Å². The fraction of sp³-hybridized carbons (Fsp3) is 0. The van der Waals surface area contributed by atoms with Crippen molar-refractivity contribution in [1.29, 1.82) is 0 Å². The average Bonchev–Trinajstić information content (AvgIpc) is 2.83. The number of carbonyl (C=O) groups excluding carboxylic acids is 2. The van der Waals surface area contributed by atoms with E-state index in [-0.39, 0.29) is 5.91 Å². The highest BCUT2D eigenvalue weighted by atomic mass is 79.9. The fourth-order valence-corrected chi connectivity index (χ4v) is 2.80. The summed E-state index contributed by atoms with van der Waals surface area (Å²) >= 11 is 4.90. The standard InChI is InChI=1S/C14H11BrN2O2S/c15-12-7-5-11(20-12)6-8-13(18)17-10-3-1-9(2-4-10)14(16)19/h1-8H,(H2,16,19)(H,17,18)/b8-6+. The van der Waals surface area contributed by atoms with Gasteiger partial charge in [0.05, 0.1) is 3.79 Å². The number of rotatable bonds is 4. The van der Waals surface area contributed by atoms with Crippen LogP contribution in [0.2, 0.25) is 0 Å². The van der Waals surface area contributed by atoms with Crippen LogP contribution in [0.4, 0.5) is 5.69 Å². The minimum absolute atomic E-state index is 0.235. The number of amides is 2. The van der Waals surface area contributed by atoms with E-state index in [0.717, 1.165) is 8.66 Å². The Balaban J connectivity index is 1.97. The van der Waals surface area contributed by atoms with Gasteiger partial charge in [-0.1, -0.05) is 0 Å². The molecule has 2 aromatic rings. The first kappa shape index (κ1) is 14.5. The lowest BCUT2D eigenvalue weighted by Gasteiger charge is -2.02. The second-order valence-corrected chi connectivity index (χ2v) is 6.40. The summed E-state index contributed by atoms with van der Waals surface area (Å²) in [6.45, 7) is 0.